The smallest absolute Gasteiger partial charge is 0.308 e. The lowest BCUT2D eigenvalue weighted by Gasteiger charge is -2.35. The number of amides is 1. The minimum absolute atomic E-state index is 0.167. The van der Waals surface area contributed by atoms with Gasteiger partial charge in [-0.15, -0.1) is 0 Å². The molecule has 1 heterocycles. The first-order chi connectivity index (χ1) is 10.4. The number of halogens is 1. The molecule has 1 aliphatic rings. The van der Waals surface area contributed by atoms with Gasteiger partial charge in [0.15, 0.2) is 0 Å². The number of hydrogen-bond acceptors (Lipinski definition) is 3. The van der Waals surface area contributed by atoms with Crippen LogP contribution in [0.4, 0.5) is 5.69 Å². The maximum atomic E-state index is 12.8. The average molecular weight is 325 g/mol. The van der Waals surface area contributed by atoms with Crippen molar-refractivity contribution in [2.24, 2.45) is 11.8 Å². The fourth-order valence-corrected chi connectivity index (χ4v) is 3.08. The Morgan fingerprint density at radius 2 is 2.14 bits per heavy atom. The molecule has 0 radical (unpaired) electrons. The van der Waals surface area contributed by atoms with Crippen molar-refractivity contribution in [3.05, 3.63) is 28.8 Å². The second kappa shape index (κ2) is 7.01. The van der Waals surface area contributed by atoms with E-state index < -0.39 is 11.9 Å². The number of carboxylic acid groups (broad SMARTS) is 1. The lowest BCUT2D eigenvalue weighted by molar-refractivity contribution is -0.143. The summed E-state index contributed by atoms with van der Waals surface area (Å²) in [6, 6.07) is 5.15. The third-order valence-electron chi connectivity index (χ3n) is 3.88. The van der Waals surface area contributed by atoms with Crippen LogP contribution in [0.25, 0.3) is 0 Å². The van der Waals surface area contributed by atoms with Crippen LogP contribution < -0.4 is 5.32 Å². The molecule has 22 heavy (non-hydrogen) atoms. The number of hydrogen-bond donors (Lipinski definition) is 2. The normalized spacial score (nSPS) is 21.5. The second-order valence-electron chi connectivity index (χ2n) is 5.81. The van der Waals surface area contributed by atoms with Gasteiger partial charge in [-0.05, 0) is 37.5 Å². The highest BCUT2D eigenvalue weighted by atomic mass is 35.5. The second-order valence-corrected chi connectivity index (χ2v) is 6.24. The first-order valence-electron chi connectivity index (χ1n) is 7.47. The fraction of sp³-hybridized carbons (Fsp3) is 0.500. The van der Waals surface area contributed by atoms with E-state index in [-0.39, 0.29) is 18.4 Å². The lowest BCUT2D eigenvalue weighted by atomic mass is 9.90. The van der Waals surface area contributed by atoms with Gasteiger partial charge in [0.2, 0.25) is 0 Å². The number of carboxylic acids is 1. The number of rotatable bonds is 4. The van der Waals surface area contributed by atoms with Crippen LogP contribution in [0, 0.1) is 11.8 Å². The zero-order valence-corrected chi connectivity index (χ0v) is 13.6. The molecule has 0 saturated carbocycles. The fourth-order valence-electron chi connectivity index (χ4n) is 2.90. The number of nitrogens with zero attached hydrogens (tertiary/aromatic N) is 1. The number of carbonyl (C=O) groups excluding carboxylic acids is 1. The molecule has 2 atom stereocenters. The molecule has 120 valence electrons. The maximum Gasteiger partial charge on any atom is 0.308 e. The SMILES string of the molecule is CCNc1ccc(Cl)cc1C(=O)N1CC(C)CC(C(=O)O)C1. The quantitative estimate of drug-likeness (QED) is 0.893. The van der Waals surface area contributed by atoms with Gasteiger partial charge in [0.25, 0.3) is 5.91 Å². The Kier molecular flexibility index (Phi) is 5.29. The van der Waals surface area contributed by atoms with Gasteiger partial charge in [0.05, 0.1) is 11.5 Å². The van der Waals surface area contributed by atoms with E-state index in [9.17, 15) is 14.7 Å². The Morgan fingerprint density at radius 3 is 2.77 bits per heavy atom. The highest BCUT2D eigenvalue weighted by Crippen LogP contribution is 2.27. The van der Waals surface area contributed by atoms with Crippen molar-refractivity contribution in [1.82, 2.24) is 4.90 Å². The first kappa shape index (κ1) is 16.6. The summed E-state index contributed by atoms with van der Waals surface area (Å²) in [5.74, 6) is -1.35. The summed E-state index contributed by atoms with van der Waals surface area (Å²) in [4.78, 5) is 25.7. The molecule has 0 spiro atoms. The summed E-state index contributed by atoms with van der Waals surface area (Å²) in [6.45, 7) is 5.43. The van der Waals surface area contributed by atoms with E-state index in [2.05, 4.69) is 5.32 Å². The molecule has 0 bridgehead atoms. The summed E-state index contributed by atoms with van der Waals surface area (Å²) in [6.07, 6.45) is 0.606. The topological polar surface area (TPSA) is 69.6 Å². The molecule has 2 rings (SSSR count). The molecule has 1 aromatic rings. The summed E-state index contributed by atoms with van der Waals surface area (Å²) < 4.78 is 0. The molecule has 1 saturated heterocycles. The van der Waals surface area contributed by atoms with Gasteiger partial charge in [0.1, 0.15) is 0 Å². The Morgan fingerprint density at radius 1 is 1.41 bits per heavy atom. The summed E-state index contributed by atoms with van der Waals surface area (Å²) in [5.41, 5.74) is 1.22. The van der Waals surface area contributed by atoms with Crippen molar-refractivity contribution in [3.63, 3.8) is 0 Å². The monoisotopic (exact) mass is 324 g/mol. The van der Waals surface area contributed by atoms with Crippen LogP contribution in [0.15, 0.2) is 18.2 Å². The summed E-state index contributed by atoms with van der Waals surface area (Å²) in [7, 11) is 0. The molecule has 1 fully saturated rings. The van der Waals surface area contributed by atoms with Gasteiger partial charge in [-0.1, -0.05) is 18.5 Å². The van der Waals surface area contributed by atoms with Crippen molar-refractivity contribution >= 4 is 29.2 Å². The van der Waals surface area contributed by atoms with Crippen molar-refractivity contribution in [1.29, 1.82) is 0 Å². The number of likely N-dealkylation sites (tertiary alicyclic amines) is 1. The molecule has 1 amide bonds. The molecular weight excluding hydrogens is 304 g/mol. The molecule has 1 aliphatic heterocycles. The van der Waals surface area contributed by atoms with Crippen LogP contribution in [0.2, 0.25) is 5.02 Å². The molecule has 2 unspecified atom stereocenters. The highest BCUT2D eigenvalue weighted by molar-refractivity contribution is 6.31. The lowest BCUT2D eigenvalue weighted by Crippen LogP contribution is -2.45. The summed E-state index contributed by atoms with van der Waals surface area (Å²) >= 11 is 6.02. The van der Waals surface area contributed by atoms with Crippen LogP contribution >= 0.6 is 11.6 Å². The van der Waals surface area contributed by atoms with Gasteiger partial charge in [-0.2, -0.15) is 0 Å². The van der Waals surface area contributed by atoms with Crippen molar-refractivity contribution < 1.29 is 14.7 Å². The van der Waals surface area contributed by atoms with E-state index in [1.807, 2.05) is 13.8 Å². The predicted molar refractivity (Wildman–Crippen MR) is 86.4 cm³/mol. The van der Waals surface area contributed by atoms with Crippen molar-refractivity contribution in [3.8, 4) is 0 Å². The maximum absolute atomic E-state index is 12.8. The number of anilines is 1. The number of benzene rings is 1. The Bertz CT molecular complexity index is 577. The van der Waals surface area contributed by atoms with Gasteiger partial charge in [0, 0.05) is 30.3 Å². The summed E-state index contributed by atoms with van der Waals surface area (Å²) in [5, 5.41) is 12.9. The number of piperidine rings is 1. The predicted octanol–water partition coefficient (Wildman–Crippen LogP) is 2.95. The molecule has 5 nitrogen and oxygen atoms in total. The Balaban J connectivity index is 2.26. The van der Waals surface area contributed by atoms with Crippen LogP contribution in [-0.2, 0) is 4.79 Å². The minimum atomic E-state index is -0.845. The van der Waals surface area contributed by atoms with Crippen LogP contribution in [0.3, 0.4) is 0 Å². The Hall–Kier alpha value is -1.75. The molecule has 0 aliphatic carbocycles. The standard InChI is InChI=1S/C16H21ClN2O3/c1-3-18-14-5-4-12(17)7-13(14)15(20)19-8-10(2)6-11(9-19)16(21)22/h4-5,7,10-11,18H,3,6,8-9H2,1-2H3,(H,21,22). The largest absolute Gasteiger partial charge is 0.481 e. The zero-order chi connectivity index (χ0) is 16.3. The van der Waals surface area contributed by atoms with E-state index >= 15 is 0 Å². The third kappa shape index (κ3) is 3.71. The van der Waals surface area contributed by atoms with Gasteiger partial charge < -0.3 is 15.3 Å². The molecule has 1 aromatic carbocycles. The highest BCUT2D eigenvalue weighted by Gasteiger charge is 2.32. The van der Waals surface area contributed by atoms with Crippen molar-refractivity contribution in [2.45, 2.75) is 20.3 Å². The van der Waals surface area contributed by atoms with E-state index in [0.29, 0.717) is 30.1 Å². The Labute approximate surface area is 135 Å². The van der Waals surface area contributed by atoms with Crippen molar-refractivity contribution in [2.75, 3.05) is 25.0 Å². The van der Waals surface area contributed by atoms with Crippen LogP contribution in [0.1, 0.15) is 30.6 Å². The number of carbonyl (C=O) groups is 2. The van der Waals surface area contributed by atoms with Gasteiger partial charge in [-0.25, -0.2) is 0 Å². The zero-order valence-electron chi connectivity index (χ0n) is 12.8. The van der Waals surface area contributed by atoms with E-state index in [1.165, 1.54) is 0 Å². The minimum Gasteiger partial charge on any atom is -0.481 e. The molecule has 0 aromatic heterocycles. The van der Waals surface area contributed by atoms with Crippen LogP contribution in [-0.4, -0.2) is 41.5 Å². The van der Waals surface area contributed by atoms with Crippen LogP contribution in [0.5, 0.6) is 0 Å². The van der Waals surface area contributed by atoms with Gasteiger partial charge >= 0.3 is 5.97 Å². The van der Waals surface area contributed by atoms with Gasteiger partial charge in [-0.3, -0.25) is 9.59 Å². The first-order valence-corrected chi connectivity index (χ1v) is 7.85. The average Bonchev–Trinajstić information content (AvgIpc) is 2.48. The molecule has 2 N–H and O–H groups in total. The van der Waals surface area contributed by atoms with E-state index in [4.69, 9.17) is 11.6 Å². The number of aliphatic carboxylic acids is 1. The molecule has 6 heteroatoms. The third-order valence-corrected chi connectivity index (χ3v) is 4.11. The van der Waals surface area contributed by atoms with E-state index in [1.54, 1.807) is 23.1 Å². The molecular formula is C16H21ClN2O3. The number of nitrogens with one attached hydrogen (secondary N) is 1. The van der Waals surface area contributed by atoms with E-state index in [0.717, 1.165) is 5.69 Å².